The highest BCUT2D eigenvalue weighted by molar-refractivity contribution is 8.00. The fourth-order valence-corrected chi connectivity index (χ4v) is 4.24. The number of amides is 1. The minimum absolute atomic E-state index is 0.119. The summed E-state index contributed by atoms with van der Waals surface area (Å²) >= 11 is 1.13. The van der Waals surface area contributed by atoms with Crippen LogP contribution in [0.1, 0.15) is 12.5 Å². The topological polar surface area (TPSA) is 107 Å². The first-order valence-electron chi connectivity index (χ1n) is 10.2. The van der Waals surface area contributed by atoms with Crippen molar-refractivity contribution in [2.45, 2.75) is 23.9 Å². The van der Waals surface area contributed by atoms with Crippen LogP contribution in [-0.4, -0.2) is 25.6 Å². The van der Waals surface area contributed by atoms with Crippen LogP contribution in [0.2, 0.25) is 0 Å². The van der Waals surface area contributed by atoms with Crippen molar-refractivity contribution in [3.8, 4) is 0 Å². The fourth-order valence-electron chi connectivity index (χ4n) is 3.33. The SMILES string of the molecule is CC(Sc1nc2ccccc2c(=O)n1Cc1ccccc1)C(=O)Nc1ccccc1[N+](=O)[O-]. The number of fused-ring (bicyclic) bond motifs is 1. The number of benzene rings is 3. The molecule has 0 spiro atoms. The van der Waals surface area contributed by atoms with Gasteiger partial charge < -0.3 is 5.32 Å². The Labute approximate surface area is 193 Å². The molecule has 166 valence electrons. The van der Waals surface area contributed by atoms with Gasteiger partial charge in [0, 0.05) is 6.07 Å². The molecule has 1 amide bonds. The lowest BCUT2D eigenvalue weighted by atomic mass is 10.2. The molecule has 0 aliphatic heterocycles. The Morgan fingerprint density at radius 1 is 1.06 bits per heavy atom. The Kier molecular flexibility index (Phi) is 6.50. The smallest absolute Gasteiger partial charge is 0.292 e. The zero-order valence-corrected chi connectivity index (χ0v) is 18.5. The molecular weight excluding hydrogens is 440 g/mol. The van der Waals surface area contributed by atoms with Crippen LogP contribution in [0.3, 0.4) is 0 Å². The molecule has 1 unspecified atom stereocenters. The van der Waals surface area contributed by atoms with E-state index in [0.717, 1.165) is 17.3 Å². The van der Waals surface area contributed by atoms with E-state index in [1.54, 1.807) is 41.8 Å². The molecule has 9 heteroatoms. The lowest BCUT2D eigenvalue weighted by Crippen LogP contribution is -2.27. The molecule has 4 rings (SSSR count). The van der Waals surface area contributed by atoms with Gasteiger partial charge in [-0.25, -0.2) is 4.98 Å². The molecule has 0 saturated heterocycles. The summed E-state index contributed by atoms with van der Waals surface area (Å²) < 4.78 is 1.55. The lowest BCUT2D eigenvalue weighted by molar-refractivity contribution is -0.383. The summed E-state index contributed by atoms with van der Waals surface area (Å²) in [4.78, 5) is 41.4. The van der Waals surface area contributed by atoms with Crippen LogP contribution < -0.4 is 10.9 Å². The van der Waals surface area contributed by atoms with Gasteiger partial charge in [-0.3, -0.25) is 24.3 Å². The van der Waals surface area contributed by atoms with Crippen LogP contribution in [0.4, 0.5) is 11.4 Å². The molecule has 1 heterocycles. The number of carbonyl (C=O) groups is 1. The van der Waals surface area contributed by atoms with Gasteiger partial charge in [0.15, 0.2) is 5.16 Å². The van der Waals surface area contributed by atoms with Gasteiger partial charge >= 0.3 is 0 Å². The van der Waals surface area contributed by atoms with Gasteiger partial charge in [-0.15, -0.1) is 0 Å². The van der Waals surface area contributed by atoms with Crippen molar-refractivity contribution in [1.82, 2.24) is 9.55 Å². The van der Waals surface area contributed by atoms with E-state index in [2.05, 4.69) is 10.3 Å². The molecule has 8 nitrogen and oxygen atoms in total. The average Bonchev–Trinajstić information content (AvgIpc) is 2.82. The summed E-state index contributed by atoms with van der Waals surface area (Å²) in [7, 11) is 0. The first-order chi connectivity index (χ1) is 15.9. The van der Waals surface area contributed by atoms with Crippen molar-refractivity contribution >= 4 is 39.9 Å². The number of carbonyl (C=O) groups excluding carboxylic acids is 1. The third kappa shape index (κ3) is 4.93. The van der Waals surface area contributed by atoms with Crippen LogP contribution in [0.25, 0.3) is 10.9 Å². The van der Waals surface area contributed by atoms with Crippen molar-refractivity contribution in [2.24, 2.45) is 0 Å². The predicted octanol–water partition coefficient (Wildman–Crippen LogP) is 4.47. The summed E-state index contributed by atoms with van der Waals surface area (Å²) in [6, 6.07) is 22.5. The van der Waals surface area contributed by atoms with Gasteiger partial charge in [0.05, 0.1) is 27.6 Å². The third-order valence-corrected chi connectivity index (χ3v) is 6.11. The number of para-hydroxylation sites is 3. The molecular formula is C24H20N4O4S. The Morgan fingerprint density at radius 3 is 2.48 bits per heavy atom. The molecule has 4 aromatic rings. The molecule has 0 fully saturated rings. The summed E-state index contributed by atoms with van der Waals surface area (Å²) in [5.74, 6) is -0.428. The highest BCUT2D eigenvalue weighted by Gasteiger charge is 2.22. The minimum Gasteiger partial charge on any atom is -0.319 e. The molecule has 0 saturated carbocycles. The second kappa shape index (κ2) is 9.66. The number of thioether (sulfide) groups is 1. The normalized spacial score (nSPS) is 11.8. The second-order valence-electron chi connectivity index (χ2n) is 7.31. The molecule has 3 aromatic carbocycles. The molecule has 1 N–H and O–H groups in total. The largest absolute Gasteiger partial charge is 0.319 e. The van der Waals surface area contributed by atoms with Crippen molar-refractivity contribution < 1.29 is 9.72 Å². The van der Waals surface area contributed by atoms with Crippen LogP contribution in [0.5, 0.6) is 0 Å². The van der Waals surface area contributed by atoms with Crippen molar-refractivity contribution in [3.05, 3.63) is 105 Å². The molecule has 0 bridgehead atoms. The Hall–Kier alpha value is -3.98. The Balaban J connectivity index is 1.66. The number of rotatable bonds is 7. The van der Waals surface area contributed by atoms with Gasteiger partial charge in [-0.05, 0) is 30.7 Å². The summed E-state index contributed by atoms with van der Waals surface area (Å²) in [6.07, 6.45) is 0. The highest BCUT2D eigenvalue weighted by atomic mass is 32.2. The average molecular weight is 461 g/mol. The summed E-state index contributed by atoms with van der Waals surface area (Å²) in [5.41, 5.74) is 1.20. The van der Waals surface area contributed by atoms with E-state index in [4.69, 9.17) is 0 Å². The maximum absolute atomic E-state index is 13.2. The van der Waals surface area contributed by atoms with E-state index in [-0.39, 0.29) is 16.9 Å². The summed E-state index contributed by atoms with van der Waals surface area (Å²) in [5, 5.41) is 14.1. The summed E-state index contributed by atoms with van der Waals surface area (Å²) in [6.45, 7) is 1.97. The van der Waals surface area contributed by atoms with E-state index in [0.29, 0.717) is 22.6 Å². The van der Waals surface area contributed by atoms with E-state index in [1.807, 2.05) is 30.3 Å². The quantitative estimate of drug-likeness (QED) is 0.189. The second-order valence-corrected chi connectivity index (χ2v) is 8.62. The third-order valence-electron chi connectivity index (χ3n) is 5.02. The molecule has 1 aromatic heterocycles. The van der Waals surface area contributed by atoms with Crippen molar-refractivity contribution in [3.63, 3.8) is 0 Å². The van der Waals surface area contributed by atoms with E-state index >= 15 is 0 Å². The van der Waals surface area contributed by atoms with E-state index in [1.165, 1.54) is 18.2 Å². The number of hydrogen-bond acceptors (Lipinski definition) is 6. The standard InChI is InChI=1S/C24H20N4O4S/c1-16(22(29)25-20-13-7-8-14-21(20)28(31)32)33-24-26-19-12-6-5-11-18(19)23(30)27(24)15-17-9-3-2-4-10-17/h2-14,16H,15H2,1H3,(H,25,29). The zero-order chi connectivity index (χ0) is 23.4. The minimum atomic E-state index is -0.667. The van der Waals surface area contributed by atoms with Crippen molar-refractivity contribution in [2.75, 3.05) is 5.32 Å². The van der Waals surface area contributed by atoms with Crippen LogP contribution in [0, 0.1) is 10.1 Å². The number of nitro groups is 1. The molecule has 0 radical (unpaired) electrons. The number of nitrogens with zero attached hydrogens (tertiary/aromatic N) is 3. The maximum atomic E-state index is 13.2. The molecule has 1 atom stereocenters. The number of nitro benzene ring substituents is 1. The molecule has 33 heavy (non-hydrogen) atoms. The van der Waals surface area contributed by atoms with Gasteiger partial charge in [-0.2, -0.15) is 0 Å². The van der Waals surface area contributed by atoms with Gasteiger partial charge in [0.1, 0.15) is 5.69 Å². The fraction of sp³-hybridized carbons (Fsp3) is 0.125. The number of anilines is 1. The molecule has 0 aliphatic rings. The van der Waals surface area contributed by atoms with Gasteiger partial charge in [0.25, 0.3) is 11.2 Å². The number of nitrogens with one attached hydrogen (secondary N) is 1. The molecule has 0 aliphatic carbocycles. The highest BCUT2D eigenvalue weighted by Crippen LogP contribution is 2.27. The monoisotopic (exact) mass is 460 g/mol. The first-order valence-corrected chi connectivity index (χ1v) is 11.1. The zero-order valence-electron chi connectivity index (χ0n) is 17.7. The maximum Gasteiger partial charge on any atom is 0.292 e. The Morgan fingerprint density at radius 2 is 1.73 bits per heavy atom. The van der Waals surface area contributed by atoms with Gasteiger partial charge in [-0.1, -0.05) is 66.4 Å². The number of hydrogen-bond donors (Lipinski definition) is 1. The lowest BCUT2D eigenvalue weighted by Gasteiger charge is -2.16. The van der Waals surface area contributed by atoms with Crippen LogP contribution >= 0.6 is 11.8 Å². The van der Waals surface area contributed by atoms with E-state index < -0.39 is 16.1 Å². The first kappa shape index (κ1) is 22.2. The van der Waals surface area contributed by atoms with Crippen LogP contribution in [0.15, 0.2) is 88.8 Å². The van der Waals surface area contributed by atoms with Crippen molar-refractivity contribution in [1.29, 1.82) is 0 Å². The predicted molar refractivity (Wildman–Crippen MR) is 129 cm³/mol. The Bertz CT molecular complexity index is 1390. The van der Waals surface area contributed by atoms with E-state index in [9.17, 15) is 19.7 Å². The van der Waals surface area contributed by atoms with Gasteiger partial charge in [0.2, 0.25) is 5.91 Å². The van der Waals surface area contributed by atoms with Crippen LogP contribution in [-0.2, 0) is 11.3 Å². The number of aromatic nitrogens is 2.